The lowest BCUT2D eigenvalue weighted by Crippen LogP contribution is -2.11. The zero-order chi connectivity index (χ0) is 14.4. The number of aromatic carboxylic acids is 1. The molecule has 2 N–H and O–H groups in total. The summed E-state index contributed by atoms with van der Waals surface area (Å²) in [5, 5.41) is 12.1. The van der Waals surface area contributed by atoms with Crippen LogP contribution >= 0.6 is 0 Å². The lowest BCUT2D eigenvalue weighted by molar-refractivity contribution is 0.0691. The van der Waals surface area contributed by atoms with Gasteiger partial charge in [-0.25, -0.2) is 9.78 Å². The van der Waals surface area contributed by atoms with E-state index in [1.807, 2.05) is 24.3 Å². The van der Waals surface area contributed by atoms with Crippen LogP contribution in [0.4, 0.5) is 5.69 Å². The third-order valence-corrected chi connectivity index (χ3v) is 2.91. The molecule has 0 aliphatic carbocycles. The number of pyridine rings is 1. The average molecular weight is 272 g/mol. The van der Waals surface area contributed by atoms with E-state index in [0.29, 0.717) is 12.2 Å². The summed E-state index contributed by atoms with van der Waals surface area (Å²) >= 11 is 0. The lowest BCUT2D eigenvalue weighted by Gasteiger charge is -2.10. The fourth-order valence-corrected chi connectivity index (χ4v) is 1.96. The van der Waals surface area contributed by atoms with Crippen molar-refractivity contribution >= 4 is 11.7 Å². The van der Waals surface area contributed by atoms with Crippen molar-refractivity contribution in [1.82, 2.24) is 4.98 Å². The monoisotopic (exact) mass is 272 g/mol. The van der Waals surface area contributed by atoms with E-state index < -0.39 is 5.97 Å². The highest BCUT2D eigenvalue weighted by Crippen LogP contribution is 2.18. The highest BCUT2D eigenvalue weighted by molar-refractivity contribution is 5.91. The summed E-state index contributed by atoms with van der Waals surface area (Å²) < 4.78 is 5.28. The second kappa shape index (κ2) is 6.56. The van der Waals surface area contributed by atoms with Gasteiger partial charge < -0.3 is 15.2 Å². The van der Waals surface area contributed by atoms with E-state index >= 15 is 0 Å². The van der Waals surface area contributed by atoms with Crippen molar-refractivity contribution < 1.29 is 14.6 Å². The van der Waals surface area contributed by atoms with Gasteiger partial charge in [0, 0.05) is 12.7 Å². The van der Waals surface area contributed by atoms with Crippen LogP contribution in [-0.2, 0) is 6.42 Å². The molecule has 104 valence electrons. The van der Waals surface area contributed by atoms with E-state index in [0.717, 1.165) is 17.7 Å². The third kappa shape index (κ3) is 3.26. The Kier molecular flexibility index (Phi) is 4.55. The largest absolute Gasteiger partial charge is 0.496 e. The smallest absolute Gasteiger partial charge is 0.356 e. The van der Waals surface area contributed by atoms with Crippen molar-refractivity contribution in [2.75, 3.05) is 19.0 Å². The van der Waals surface area contributed by atoms with E-state index in [1.54, 1.807) is 19.2 Å². The summed E-state index contributed by atoms with van der Waals surface area (Å²) in [4.78, 5) is 14.9. The molecule has 0 saturated heterocycles. The molecule has 0 fully saturated rings. The van der Waals surface area contributed by atoms with Gasteiger partial charge in [-0.15, -0.1) is 0 Å². The summed E-state index contributed by atoms with van der Waals surface area (Å²) in [7, 11) is 1.63. The first-order chi connectivity index (χ1) is 9.72. The predicted octanol–water partition coefficient (Wildman–Crippen LogP) is 2.44. The number of carboxylic acid groups (broad SMARTS) is 1. The molecule has 0 atom stereocenters. The second-order valence-electron chi connectivity index (χ2n) is 4.19. The maximum absolute atomic E-state index is 11.0. The van der Waals surface area contributed by atoms with Crippen LogP contribution in [0.1, 0.15) is 16.1 Å². The lowest BCUT2D eigenvalue weighted by atomic mass is 10.1. The molecule has 0 radical (unpaired) electrons. The number of nitrogens with one attached hydrogen (secondary N) is 1. The minimum absolute atomic E-state index is 0.0347. The number of benzene rings is 1. The molecule has 1 aromatic heterocycles. The zero-order valence-electron chi connectivity index (χ0n) is 11.2. The minimum Gasteiger partial charge on any atom is -0.496 e. The number of aromatic nitrogens is 1. The maximum atomic E-state index is 11.0. The number of hydrogen-bond acceptors (Lipinski definition) is 4. The number of nitrogens with zero attached hydrogens (tertiary/aromatic N) is 1. The van der Waals surface area contributed by atoms with Gasteiger partial charge in [-0.2, -0.15) is 0 Å². The molecule has 1 aromatic carbocycles. The van der Waals surface area contributed by atoms with Crippen LogP contribution in [0.2, 0.25) is 0 Å². The fraction of sp³-hybridized carbons (Fsp3) is 0.200. The van der Waals surface area contributed by atoms with Crippen LogP contribution in [0, 0.1) is 0 Å². The van der Waals surface area contributed by atoms with Crippen molar-refractivity contribution in [1.29, 1.82) is 0 Å². The summed E-state index contributed by atoms with van der Waals surface area (Å²) in [5.74, 6) is -0.204. The first-order valence-electron chi connectivity index (χ1n) is 6.26. The molecule has 0 saturated carbocycles. The van der Waals surface area contributed by atoms with Gasteiger partial charge in [0.15, 0.2) is 5.69 Å². The molecule has 0 aliphatic rings. The van der Waals surface area contributed by atoms with Gasteiger partial charge in [-0.3, -0.25) is 0 Å². The standard InChI is InChI=1S/C15H16N2O3/c1-20-13-7-3-2-5-11(13)8-10-16-12-6-4-9-17-14(12)15(18)19/h2-7,9,16H,8,10H2,1H3,(H,18,19). The van der Waals surface area contributed by atoms with E-state index in [4.69, 9.17) is 9.84 Å². The molecule has 20 heavy (non-hydrogen) atoms. The molecule has 0 spiro atoms. The summed E-state index contributed by atoms with van der Waals surface area (Å²) in [6.07, 6.45) is 2.20. The van der Waals surface area contributed by atoms with Crippen molar-refractivity contribution in [3.8, 4) is 5.75 Å². The van der Waals surface area contributed by atoms with E-state index in [1.165, 1.54) is 6.20 Å². The highest BCUT2D eigenvalue weighted by Gasteiger charge is 2.10. The Hall–Kier alpha value is -2.56. The summed E-state index contributed by atoms with van der Waals surface area (Å²) in [5.41, 5.74) is 1.63. The fourth-order valence-electron chi connectivity index (χ4n) is 1.96. The number of methoxy groups -OCH3 is 1. The first-order valence-corrected chi connectivity index (χ1v) is 6.26. The first kappa shape index (κ1) is 13.9. The number of carboxylic acids is 1. The van der Waals surface area contributed by atoms with Gasteiger partial charge in [-0.1, -0.05) is 18.2 Å². The molecule has 5 heteroatoms. The molecule has 1 heterocycles. The molecule has 2 aromatic rings. The normalized spacial score (nSPS) is 10.1. The average Bonchev–Trinajstić information content (AvgIpc) is 2.48. The van der Waals surface area contributed by atoms with Crippen LogP contribution in [-0.4, -0.2) is 29.7 Å². The van der Waals surface area contributed by atoms with E-state index in [9.17, 15) is 4.79 Å². The molecule has 2 rings (SSSR count). The number of carbonyl (C=O) groups is 1. The molecule has 0 amide bonds. The quantitative estimate of drug-likeness (QED) is 0.845. The Morgan fingerprint density at radius 1 is 1.30 bits per heavy atom. The van der Waals surface area contributed by atoms with Crippen LogP contribution in [0.15, 0.2) is 42.6 Å². The van der Waals surface area contributed by atoms with Gasteiger partial charge in [-0.05, 0) is 30.2 Å². The predicted molar refractivity (Wildman–Crippen MR) is 76.4 cm³/mol. The molecular formula is C15H16N2O3. The highest BCUT2D eigenvalue weighted by atomic mass is 16.5. The maximum Gasteiger partial charge on any atom is 0.356 e. The Morgan fingerprint density at radius 2 is 2.10 bits per heavy atom. The Balaban J connectivity index is 2.01. The number of para-hydroxylation sites is 1. The van der Waals surface area contributed by atoms with Gasteiger partial charge in [0.25, 0.3) is 0 Å². The number of ether oxygens (including phenoxy) is 1. The van der Waals surface area contributed by atoms with Crippen LogP contribution in [0.25, 0.3) is 0 Å². The molecule has 0 bridgehead atoms. The molecule has 0 aliphatic heterocycles. The van der Waals surface area contributed by atoms with Gasteiger partial charge in [0.05, 0.1) is 12.8 Å². The Morgan fingerprint density at radius 3 is 2.85 bits per heavy atom. The Labute approximate surface area is 117 Å². The van der Waals surface area contributed by atoms with E-state index in [-0.39, 0.29) is 5.69 Å². The van der Waals surface area contributed by atoms with Crippen molar-refractivity contribution in [3.63, 3.8) is 0 Å². The topological polar surface area (TPSA) is 71.5 Å². The van der Waals surface area contributed by atoms with Crippen molar-refractivity contribution in [2.24, 2.45) is 0 Å². The zero-order valence-corrected chi connectivity index (χ0v) is 11.2. The van der Waals surface area contributed by atoms with Gasteiger partial charge in [0.2, 0.25) is 0 Å². The Bertz CT molecular complexity index is 599. The summed E-state index contributed by atoms with van der Waals surface area (Å²) in [6.45, 7) is 0.604. The second-order valence-corrected chi connectivity index (χ2v) is 4.19. The molecular weight excluding hydrogens is 256 g/mol. The third-order valence-electron chi connectivity index (χ3n) is 2.91. The number of anilines is 1. The molecule has 0 unspecified atom stereocenters. The molecule has 5 nitrogen and oxygen atoms in total. The van der Waals surface area contributed by atoms with Crippen molar-refractivity contribution in [2.45, 2.75) is 6.42 Å². The summed E-state index contributed by atoms with van der Waals surface area (Å²) in [6, 6.07) is 11.2. The van der Waals surface area contributed by atoms with Crippen LogP contribution in [0.3, 0.4) is 0 Å². The number of rotatable bonds is 6. The number of hydrogen-bond donors (Lipinski definition) is 2. The van der Waals surface area contributed by atoms with Gasteiger partial charge >= 0.3 is 5.97 Å². The SMILES string of the molecule is COc1ccccc1CCNc1cccnc1C(=O)O. The van der Waals surface area contributed by atoms with Crippen LogP contribution < -0.4 is 10.1 Å². The van der Waals surface area contributed by atoms with Gasteiger partial charge in [0.1, 0.15) is 5.75 Å². The van der Waals surface area contributed by atoms with Crippen molar-refractivity contribution in [3.05, 3.63) is 53.9 Å². The van der Waals surface area contributed by atoms with E-state index in [2.05, 4.69) is 10.3 Å². The minimum atomic E-state index is -1.04. The van der Waals surface area contributed by atoms with Crippen LogP contribution in [0.5, 0.6) is 5.75 Å².